The van der Waals surface area contributed by atoms with Crippen molar-refractivity contribution in [2.45, 2.75) is 149 Å². The molecule has 2 aromatic rings. The first-order valence-corrected chi connectivity index (χ1v) is 22.0. The number of methoxy groups -OCH3 is 1. The van der Waals surface area contributed by atoms with E-state index in [1.54, 1.807) is 33.9 Å². The van der Waals surface area contributed by atoms with Crippen LogP contribution in [0, 0.1) is 11.8 Å². The fraction of sp³-hybridized carbons (Fsp3) is 0.667. The van der Waals surface area contributed by atoms with Crippen LogP contribution in [0.25, 0.3) is 0 Å². The zero-order valence-corrected chi connectivity index (χ0v) is 38.2. The number of carbonyl (C=O) groups is 6. The molecule has 0 bridgehead atoms. The maximum absolute atomic E-state index is 14.5. The van der Waals surface area contributed by atoms with Crippen molar-refractivity contribution in [2.24, 2.45) is 11.8 Å². The van der Waals surface area contributed by atoms with E-state index in [0.29, 0.717) is 31.7 Å². The third kappa shape index (κ3) is 17.4. The maximum atomic E-state index is 14.5. The van der Waals surface area contributed by atoms with E-state index >= 15 is 0 Å². The molecule has 346 valence electrons. The highest BCUT2D eigenvalue weighted by Crippen LogP contribution is 2.16. The van der Waals surface area contributed by atoms with Gasteiger partial charge in [-0.1, -0.05) is 83.7 Å². The molecule has 0 radical (unpaired) electrons. The first-order chi connectivity index (χ1) is 29.4. The monoisotopic (exact) mass is 869 g/mol. The van der Waals surface area contributed by atoms with Crippen molar-refractivity contribution in [3.63, 3.8) is 0 Å². The number of imidazole rings is 1. The van der Waals surface area contributed by atoms with E-state index in [4.69, 9.17) is 14.2 Å². The molecule has 1 aromatic carbocycles. The van der Waals surface area contributed by atoms with Gasteiger partial charge in [0.05, 0.1) is 32.1 Å². The minimum Gasteiger partial charge on any atom is -0.467 e. The van der Waals surface area contributed by atoms with Gasteiger partial charge in [-0.2, -0.15) is 0 Å². The van der Waals surface area contributed by atoms with Gasteiger partial charge in [0.2, 0.25) is 23.6 Å². The number of benzene rings is 1. The summed E-state index contributed by atoms with van der Waals surface area (Å²) in [5.41, 5.74) is 0.669. The molecule has 1 aliphatic heterocycles. The molecule has 6 N–H and O–H groups in total. The lowest BCUT2D eigenvalue weighted by atomic mass is 9.96. The number of hydrogen-bond acceptors (Lipinski definition) is 11. The van der Waals surface area contributed by atoms with Crippen LogP contribution in [0.1, 0.15) is 105 Å². The lowest BCUT2D eigenvalue weighted by molar-refractivity contribution is -0.145. The number of amides is 5. The third-order valence-electron chi connectivity index (χ3n) is 10.9. The summed E-state index contributed by atoms with van der Waals surface area (Å²) in [4.78, 5) is 90.5. The van der Waals surface area contributed by atoms with Gasteiger partial charge in [0.15, 0.2) is 0 Å². The van der Waals surface area contributed by atoms with Gasteiger partial charge >= 0.3 is 12.1 Å². The Morgan fingerprint density at radius 2 is 1.60 bits per heavy atom. The van der Waals surface area contributed by atoms with Gasteiger partial charge in [-0.3, -0.25) is 19.2 Å². The number of nitrogens with one attached hydrogen (secondary N) is 6. The van der Waals surface area contributed by atoms with Crippen LogP contribution < -0.4 is 26.6 Å². The van der Waals surface area contributed by atoms with Crippen molar-refractivity contribution in [1.29, 1.82) is 0 Å². The number of alkyl carbamates (subject to hydrolysis) is 1. The number of rotatable bonds is 17. The van der Waals surface area contributed by atoms with Crippen LogP contribution in [0.5, 0.6) is 0 Å². The van der Waals surface area contributed by atoms with E-state index in [9.17, 15) is 28.8 Å². The molecule has 1 aliphatic rings. The molecule has 1 aromatic heterocycles. The molecule has 0 unspecified atom stereocenters. The number of aromatic amines is 1. The molecule has 17 nitrogen and oxygen atoms in total. The highest BCUT2D eigenvalue weighted by Gasteiger charge is 2.36. The van der Waals surface area contributed by atoms with Gasteiger partial charge < -0.3 is 50.7 Å². The summed E-state index contributed by atoms with van der Waals surface area (Å²) >= 11 is 0. The van der Waals surface area contributed by atoms with Crippen molar-refractivity contribution in [3.05, 3.63) is 54.1 Å². The van der Waals surface area contributed by atoms with Gasteiger partial charge in [0, 0.05) is 44.4 Å². The largest absolute Gasteiger partial charge is 0.467 e. The predicted octanol–water partition coefficient (Wildman–Crippen LogP) is 3.57. The number of esters is 1. The summed E-state index contributed by atoms with van der Waals surface area (Å²) in [7, 11) is 1.24. The quantitative estimate of drug-likeness (QED) is 0.126. The lowest BCUT2D eigenvalue weighted by Crippen LogP contribution is -2.60. The minimum atomic E-state index is -1.02. The number of hydrogen-bond donors (Lipinski definition) is 6. The summed E-state index contributed by atoms with van der Waals surface area (Å²) < 4.78 is 16.5. The Kier molecular flexibility index (Phi) is 21.4. The van der Waals surface area contributed by atoms with Gasteiger partial charge in [0.1, 0.15) is 29.8 Å². The van der Waals surface area contributed by atoms with Crippen molar-refractivity contribution >= 4 is 35.7 Å². The Balaban J connectivity index is 1.80. The summed E-state index contributed by atoms with van der Waals surface area (Å²) in [5, 5.41) is 14.8. The Hall–Kier alpha value is -5.03. The topological polar surface area (TPSA) is 222 Å². The molecule has 0 saturated carbocycles. The number of H-pyrrole nitrogens is 1. The molecule has 0 spiro atoms. The van der Waals surface area contributed by atoms with E-state index in [1.165, 1.54) is 18.3 Å². The molecule has 17 heteroatoms. The van der Waals surface area contributed by atoms with E-state index in [2.05, 4.69) is 36.6 Å². The Bertz CT molecular complexity index is 1700. The molecule has 7 atom stereocenters. The van der Waals surface area contributed by atoms with Crippen LogP contribution in [0.3, 0.4) is 0 Å². The fourth-order valence-corrected chi connectivity index (χ4v) is 7.11. The standard InChI is InChI=1S/C45H72N8O9/c1-10-30(4)38(41(56)50-36(43(58)60-9)24-33-25-46-28-48-33)52-40(55)37(29(2)3)47-26-34-27-61-22-18-13-11-12-17-21-53(31(5)39(54)49-34)42(57)35(23-32-19-15-14-16-20-32)51-44(59)62-45(6,7)8/h14-16,19-20,25,28-31,34-38,47H,10-13,17-18,21-24,26-27H2,1-9H3,(H,46,48)(H,49,54)(H,50,56)(H,51,59)(H,52,55)/t30-,31-,34+,35-,36-,37-,38-/m0/s1. The predicted molar refractivity (Wildman–Crippen MR) is 235 cm³/mol. The summed E-state index contributed by atoms with van der Waals surface area (Å²) in [6, 6.07) is 4.05. The van der Waals surface area contributed by atoms with Crippen LogP contribution in [-0.4, -0.2) is 126 Å². The van der Waals surface area contributed by atoms with Crippen LogP contribution in [-0.2, 0) is 51.0 Å². The number of carbonyl (C=O) groups excluding carboxylic acids is 6. The lowest BCUT2D eigenvalue weighted by Gasteiger charge is -2.34. The van der Waals surface area contributed by atoms with Crippen molar-refractivity contribution in [2.75, 3.05) is 33.4 Å². The number of aromatic nitrogens is 2. The molecular formula is C45H72N8O9. The zero-order valence-electron chi connectivity index (χ0n) is 38.2. The highest BCUT2D eigenvalue weighted by atomic mass is 16.6. The molecule has 3 rings (SSSR count). The van der Waals surface area contributed by atoms with E-state index in [-0.39, 0.29) is 37.8 Å². The van der Waals surface area contributed by atoms with Crippen LogP contribution in [0.4, 0.5) is 4.79 Å². The summed E-state index contributed by atoms with van der Waals surface area (Å²) in [6.45, 7) is 15.5. The average molecular weight is 869 g/mol. The minimum absolute atomic E-state index is 0.118. The molecule has 1 fully saturated rings. The van der Waals surface area contributed by atoms with E-state index in [1.807, 2.05) is 58.0 Å². The Morgan fingerprint density at radius 1 is 0.919 bits per heavy atom. The first kappa shape index (κ1) is 51.3. The first-order valence-electron chi connectivity index (χ1n) is 22.0. The van der Waals surface area contributed by atoms with Crippen LogP contribution in [0.15, 0.2) is 42.9 Å². The second kappa shape index (κ2) is 25.8. The summed E-state index contributed by atoms with van der Waals surface area (Å²) in [5.74, 6) is -2.95. The molecular weight excluding hydrogens is 797 g/mol. The Morgan fingerprint density at radius 3 is 2.23 bits per heavy atom. The average Bonchev–Trinajstić information content (AvgIpc) is 3.74. The molecule has 2 heterocycles. The number of ether oxygens (including phenoxy) is 3. The molecule has 5 amide bonds. The van der Waals surface area contributed by atoms with Gasteiger partial charge in [0.25, 0.3) is 0 Å². The van der Waals surface area contributed by atoms with E-state index < -0.39 is 77.5 Å². The maximum Gasteiger partial charge on any atom is 0.408 e. The van der Waals surface area contributed by atoms with Gasteiger partial charge in [-0.15, -0.1) is 0 Å². The molecule has 0 aliphatic carbocycles. The second-order valence-corrected chi connectivity index (χ2v) is 17.5. The smallest absolute Gasteiger partial charge is 0.408 e. The SMILES string of the molecule is CC[C@H](C)[C@H](NC(=O)[C@@H](NC[C@@H]1COCCCCCCCN(C(=O)[C@H](Cc2ccccc2)NC(=O)OC(C)(C)C)[C@@H](C)C(=O)N1)C(C)C)C(=O)N[C@@H](Cc1cnc[nH]1)C(=O)OC. The molecule has 1 saturated heterocycles. The number of nitrogens with zero attached hydrogens (tertiary/aromatic N) is 2. The normalized spacial score (nSPS) is 19.4. The van der Waals surface area contributed by atoms with Crippen molar-refractivity contribution in [1.82, 2.24) is 41.5 Å². The van der Waals surface area contributed by atoms with Gasteiger partial charge in [-0.25, -0.2) is 14.6 Å². The highest BCUT2D eigenvalue weighted by molar-refractivity contribution is 5.93. The Labute approximate surface area is 367 Å². The second-order valence-electron chi connectivity index (χ2n) is 17.5. The fourth-order valence-electron chi connectivity index (χ4n) is 7.11. The van der Waals surface area contributed by atoms with Crippen LogP contribution >= 0.6 is 0 Å². The molecule has 62 heavy (non-hydrogen) atoms. The van der Waals surface area contributed by atoms with Crippen LogP contribution in [0.2, 0.25) is 0 Å². The van der Waals surface area contributed by atoms with Gasteiger partial charge in [-0.05, 0) is 57.9 Å². The van der Waals surface area contributed by atoms with Crippen molar-refractivity contribution < 1.29 is 43.0 Å². The zero-order chi connectivity index (χ0) is 45.8. The third-order valence-corrected chi connectivity index (χ3v) is 10.9. The summed E-state index contributed by atoms with van der Waals surface area (Å²) in [6.07, 6.45) is 7.36. The van der Waals surface area contributed by atoms with E-state index in [0.717, 1.165) is 31.2 Å². The van der Waals surface area contributed by atoms with Crippen molar-refractivity contribution in [3.8, 4) is 0 Å².